The fourth-order valence-electron chi connectivity index (χ4n) is 2.88. The average Bonchev–Trinajstić information content (AvgIpc) is 3.08. The van der Waals surface area contributed by atoms with Crippen LogP contribution in [0, 0.1) is 0 Å². The van der Waals surface area contributed by atoms with Gasteiger partial charge in [0.25, 0.3) is 5.91 Å². The lowest BCUT2D eigenvalue weighted by Crippen LogP contribution is -2.50. The van der Waals surface area contributed by atoms with E-state index < -0.39 is 10.0 Å². The molecule has 1 fully saturated rings. The molecule has 0 atom stereocenters. The van der Waals surface area contributed by atoms with Crippen LogP contribution in [0.3, 0.4) is 0 Å². The molecule has 140 valence electrons. The Kier molecular flexibility index (Phi) is 6.14. The van der Waals surface area contributed by atoms with Crippen LogP contribution in [0.25, 0.3) is 0 Å². The summed E-state index contributed by atoms with van der Waals surface area (Å²) in [4.78, 5) is 14.9. The van der Waals surface area contributed by atoms with Gasteiger partial charge in [0.05, 0.1) is 15.5 Å². The molecule has 0 unspecified atom stereocenters. The summed E-state index contributed by atoms with van der Waals surface area (Å²) in [5.74, 6) is -0.368. The van der Waals surface area contributed by atoms with Gasteiger partial charge in [0.2, 0.25) is 10.0 Å². The summed E-state index contributed by atoms with van der Waals surface area (Å²) in [7, 11) is -0.726. The highest BCUT2D eigenvalue weighted by atomic mass is 35.5. The second-order valence-electron chi connectivity index (χ2n) is 7.12. The molecule has 1 aliphatic heterocycles. The van der Waals surface area contributed by atoms with Gasteiger partial charge in [-0.1, -0.05) is 11.6 Å². The van der Waals surface area contributed by atoms with E-state index in [1.165, 1.54) is 45.1 Å². The summed E-state index contributed by atoms with van der Waals surface area (Å²) in [6, 6.07) is 4.18. The van der Waals surface area contributed by atoms with Crippen molar-refractivity contribution < 1.29 is 13.2 Å². The zero-order chi connectivity index (χ0) is 18.8. The van der Waals surface area contributed by atoms with Crippen LogP contribution in [0.1, 0.15) is 37.0 Å². The number of carbonyl (C=O) groups is 1. The molecule has 2 rings (SSSR count). The molecule has 0 aliphatic carbocycles. The molecule has 0 radical (unpaired) electrons. The number of nitrogens with zero attached hydrogens (tertiary/aromatic N) is 2. The molecule has 1 aromatic rings. The Labute approximate surface area is 155 Å². The maximum Gasteiger partial charge on any atom is 0.252 e. The first-order valence-electron chi connectivity index (χ1n) is 8.31. The SMILES string of the molecule is CN(C)S(=O)(=O)c1ccc(Cl)c(C(=O)NCC(C)(C)N2CCCC2)c1. The number of amides is 1. The Morgan fingerprint density at radius 3 is 2.44 bits per heavy atom. The van der Waals surface area contributed by atoms with E-state index in [2.05, 4.69) is 24.1 Å². The highest BCUT2D eigenvalue weighted by Gasteiger charge is 2.30. The molecule has 1 heterocycles. The van der Waals surface area contributed by atoms with Crippen molar-refractivity contribution in [2.75, 3.05) is 33.7 Å². The van der Waals surface area contributed by atoms with Crippen LogP contribution in [-0.2, 0) is 10.0 Å². The smallest absolute Gasteiger partial charge is 0.252 e. The Bertz CT molecular complexity index is 742. The van der Waals surface area contributed by atoms with Crippen molar-refractivity contribution in [3.05, 3.63) is 28.8 Å². The summed E-state index contributed by atoms with van der Waals surface area (Å²) in [6.45, 7) is 6.70. The molecule has 1 amide bonds. The summed E-state index contributed by atoms with van der Waals surface area (Å²) in [5.41, 5.74) is 0.00759. The number of carbonyl (C=O) groups excluding carboxylic acids is 1. The number of benzene rings is 1. The van der Waals surface area contributed by atoms with Crippen LogP contribution in [0.4, 0.5) is 0 Å². The number of sulfonamides is 1. The van der Waals surface area contributed by atoms with Crippen LogP contribution >= 0.6 is 11.6 Å². The highest BCUT2D eigenvalue weighted by Crippen LogP contribution is 2.23. The lowest BCUT2D eigenvalue weighted by atomic mass is 10.0. The minimum atomic E-state index is -3.62. The zero-order valence-corrected chi connectivity index (χ0v) is 16.7. The predicted molar refractivity (Wildman–Crippen MR) is 99.5 cm³/mol. The first kappa shape index (κ1) is 20.2. The van der Waals surface area contributed by atoms with Crippen molar-refractivity contribution in [2.45, 2.75) is 37.1 Å². The van der Waals surface area contributed by atoms with Crippen molar-refractivity contribution in [1.29, 1.82) is 0 Å². The number of hydrogen-bond acceptors (Lipinski definition) is 4. The third kappa shape index (κ3) is 4.53. The highest BCUT2D eigenvalue weighted by molar-refractivity contribution is 7.89. The number of rotatable bonds is 6. The largest absolute Gasteiger partial charge is 0.350 e. The van der Waals surface area contributed by atoms with E-state index in [-0.39, 0.29) is 26.9 Å². The van der Waals surface area contributed by atoms with E-state index in [1.54, 1.807) is 0 Å². The molecular formula is C17H26ClN3O3S. The molecule has 25 heavy (non-hydrogen) atoms. The first-order valence-corrected chi connectivity index (χ1v) is 10.1. The second-order valence-corrected chi connectivity index (χ2v) is 9.68. The molecule has 1 aliphatic rings. The molecule has 1 saturated heterocycles. The quantitative estimate of drug-likeness (QED) is 0.812. The summed E-state index contributed by atoms with van der Waals surface area (Å²) >= 11 is 6.12. The topological polar surface area (TPSA) is 69.7 Å². The fourth-order valence-corrected chi connectivity index (χ4v) is 4.01. The second kappa shape index (κ2) is 7.61. The molecule has 0 spiro atoms. The Hall–Kier alpha value is -1.15. The third-order valence-corrected chi connectivity index (χ3v) is 6.75. The van der Waals surface area contributed by atoms with E-state index in [1.807, 2.05) is 0 Å². The lowest BCUT2D eigenvalue weighted by molar-refractivity contribution is 0.0902. The number of likely N-dealkylation sites (tertiary alicyclic amines) is 1. The van der Waals surface area contributed by atoms with Crippen molar-refractivity contribution in [3.63, 3.8) is 0 Å². The molecule has 0 bridgehead atoms. The van der Waals surface area contributed by atoms with Crippen LogP contribution < -0.4 is 5.32 Å². The molecular weight excluding hydrogens is 362 g/mol. The van der Waals surface area contributed by atoms with Gasteiger partial charge in [-0.15, -0.1) is 0 Å². The summed E-state index contributed by atoms with van der Waals surface area (Å²) < 4.78 is 25.6. The minimum absolute atomic E-state index is 0.0471. The normalized spacial score (nSPS) is 16.4. The van der Waals surface area contributed by atoms with Gasteiger partial charge in [-0.3, -0.25) is 9.69 Å². The molecule has 6 nitrogen and oxygen atoms in total. The van der Waals surface area contributed by atoms with Crippen LogP contribution in [0.15, 0.2) is 23.1 Å². The van der Waals surface area contributed by atoms with Gasteiger partial charge in [0.15, 0.2) is 0 Å². The molecule has 0 aromatic heterocycles. The molecule has 1 N–H and O–H groups in total. The number of nitrogens with one attached hydrogen (secondary N) is 1. The number of hydrogen-bond donors (Lipinski definition) is 1. The van der Waals surface area contributed by atoms with Gasteiger partial charge < -0.3 is 5.32 Å². The van der Waals surface area contributed by atoms with Crippen molar-refractivity contribution in [1.82, 2.24) is 14.5 Å². The molecule has 1 aromatic carbocycles. The lowest BCUT2D eigenvalue weighted by Gasteiger charge is -2.35. The van der Waals surface area contributed by atoms with Gasteiger partial charge in [0, 0.05) is 26.2 Å². The Balaban J connectivity index is 2.16. The van der Waals surface area contributed by atoms with Gasteiger partial charge >= 0.3 is 0 Å². The maximum absolute atomic E-state index is 12.6. The minimum Gasteiger partial charge on any atom is -0.350 e. The predicted octanol–water partition coefficient (Wildman–Crippen LogP) is 2.19. The molecule has 8 heteroatoms. The van der Waals surface area contributed by atoms with Crippen molar-refractivity contribution in [2.24, 2.45) is 0 Å². The van der Waals surface area contributed by atoms with Crippen molar-refractivity contribution >= 4 is 27.5 Å². The van der Waals surface area contributed by atoms with Crippen LogP contribution in [0.2, 0.25) is 5.02 Å². The van der Waals surface area contributed by atoms with Gasteiger partial charge in [-0.05, 0) is 58.0 Å². The average molecular weight is 388 g/mol. The monoisotopic (exact) mass is 387 g/mol. The van der Waals surface area contributed by atoms with Crippen molar-refractivity contribution in [3.8, 4) is 0 Å². The van der Waals surface area contributed by atoms with E-state index >= 15 is 0 Å². The van der Waals surface area contributed by atoms with E-state index in [0.29, 0.717) is 6.54 Å². The molecule has 0 saturated carbocycles. The fraction of sp³-hybridized carbons (Fsp3) is 0.588. The zero-order valence-electron chi connectivity index (χ0n) is 15.2. The first-order chi connectivity index (χ1) is 11.6. The summed E-state index contributed by atoms with van der Waals surface area (Å²) in [6.07, 6.45) is 2.35. The van der Waals surface area contributed by atoms with Gasteiger partial charge in [-0.25, -0.2) is 12.7 Å². The van der Waals surface area contributed by atoms with Gasteiger partial charge in [-0.2, -0.15) is 0 Å². The van der Waals surface area contributed by atoms with Crippen LogP contribution in [0.5, 0.6) is 0 Å². The van der Waals surface area contributed by atoms with E-state index in [0.717, 1.165) is 17.4 Å². The summed E-state index contributed by atoms with van der Waals surface area (Å²) in [5, 5.41) is 3.12. The number of halogens is 1. The van der Waals surface area contributed by atoms with E-state index in [9.17, 15) is 13.2 Å². The maximum atomic E-state index is 12.6. The Morgan fingerprint density at radius 1 is 1.28 bits per heavy atom. The van der Waals surface area contributed by atoms with Crippen LogP contribution in [-0.4, -0.2) is 62.8 Å². The Morgan fingerprint density at radius 2 is 1.88 bits per heavy atom. The third-order valence-electron chi connectivity index (χ3n) is 4.60. The standard InChI is InChI=1S/C17H26ClN3O3S/c1-17(2,21-9-5-6-10-21)12-19-16(22)14-11-13(7-8-15(14)18)25(23,24)20(3)4/h7-8,11H,5-6,9-10,12H2,1-4H3,(H,19,22). The van der Waals surface area contributed by atoms with E-state index in [4.69, 9.17) is 11.6 Å². The van der Waals surface area contributed by atoms with Gasteiger partial charge in [0.1, 0.15) is 0 Å².